The first kappa shape index (κ1) is 17.0. The molecule has 1 aliphatic rings. The maximum atomic E-state index is 12.4. The van der Waals surface area contributed by atoms with Crippen molar-refractivity contribution in [3.8, 4) is 0 Å². The summed E-state index contributed by atoms with van der Waals surface area (Å²) in [5.41, 5.74) is 1.60. The third-order valence-electron chi connectivity index (χ3n) is 4.44. The first-order valence-corrected chi connectivity index (χ1v) is 9.46. The predicted molar refractivity (Wildman–Crippen MR) is 94.7 cm³/mol. The Labute approximate surface area is 149 Å². The van der Waals surface area contributed by atoms with Crippen LogP contribution in [0.25, 0.3) is 0 Å². The van der Waals surface area contributed by atoms with E-state index in [-0.39, 0.29) is 17.2 Å². The van der Waals surface area contributed by atoms with Crippen molar-refractivity contribution in [2.75, 3.05) is 27.2 Å². The van der Waals surface area contributed by atoms with Gasteiger partial charge in [0.15, 0.2) is 0 Å². The molecule has 3 rings (SSSR count). The number of amides is 2. The van der Waals surface area contributed by atoms with Crippen molar-refractivity contribution in [3.05, 3.63) is 32.7 Å². The molecule has 0 aliphatic carbocycles. The molecule has 1 fully saturated rings. The highest BCUT2D eigenvalue weighted by Gasteiger charge is 2.36. The van der Waals surface area contributed by atoms with E-state index in [2.05, 4.69) is 16.9 Å². The Morgan fingerprint density at radius 1 is 1.21 bits per heavy atom. The van der Waals surface area contributed by atoms with Crippen LogP contribution in [0.4, 0.5) is 0 Å². The van der Waals surface area contributed by atoms with E-state index in [0.29, 0.717) is 22.8 Å². The third kappa shape index (κ3) is 3.21. The van der Waals surface area contributed by atoms with Gasteiger partial charge in [-0.25, -0.2) is 4.98 Å². The number of hydrogen-bond acceptors (Lipinski definition) is 6. The summed E-state index contributed by atoms with van der Waals surface area (Å²) in [5, 5.41) is 0.984. The Kier molecular flexibility index (Phi) is 4.69. The summed E-state index contributed by atoms with van der Waals surface area (Å²) in [5.74, 6) is 0.0438. The second-order valence-electron chi connectivity index (χ2n) is 6.45. The van der Waals surface area contributed by atoms with Crippen LogP contribution in [0.2, 0.25) is 0 Å². The molecule has 0 atom stereocenters. The molecule has 0 aromatic carbocycles. The lowest BCUT2D eigenvalue weighted by Crippen LogP contribution is -2.43. The molecule has 3 heterocycles. The highest BCUT2D eigenvalue weighted by Crippen LogP contribution is 2.37. The second kappa shape index (κ2) is 6.60. The van der Waals surface area contributed by atoms with Crippen LogP contribution < -0.4 is 0 Å². The molecular formula is C16H20N4O2S2. The zero-order valence-corrected chi connectivity index (χ0v) is 15.6. The van der Waals surface area contributed by atoms with Gasteiger partial charge in [-0.05, 0) is 12.8 Å². The molecule has 0 saturated carbocycles. The van der Waals surface area contributed by atoms with E-state index >= 15 is 0 Å². The van der Waals surface area contributed by atoms with Crippen LogP contribution in [0, 0.1) is 0 Å². The lowest BCUT2D eigenvalue weighted by molar-refractivity contribution is 0.0680. The first-order chi connectivity index (χ1) is 11.4. The van der Waals surface area contributed by atoms with Crippen LogP contribution in [0.5, 0.6) is 0 Å². The van der Waals surface area contributed by atoms with Gasteiger partial charge in [0.1, 0.15) is 9.75 Å². The summed E-state index contributed by atoms with van der Waals surface area (Å²) in [7, 11) is 3.49. The molecule has 24 heavy (non-hydrogen) atoms. The smallest absolute Gasteiger partial charge is 0.265 e. The number of carbonyl (C=O) groups is 2. The molecule has 0 radical (unpaired) electrons. The van der Waals surface area contributed by atoms with Crippen LogP contribution in [0.1, 0.15) is 44.1 Å². The van der Waals surface area contributed by atoms with Crippen LogP contribution in [0.15, 0.2) is 17.9 Å². The zero-order chi connectivity index (χ0) is 17.3. The minimum absolute atomic E-state index is 0.0137. The molecule has 1 aliphatic heterocycles. The van der Waals surface area contributed by atoms with Gasteiger partial charge in [0.25, 0.3) is 11.8 Å². The lowest BCUT2D eigenvalue weighted by Gasteiger charge is -2.38. The van der Waals surface area contributed by atoms with Crippen LogP contribution in [0.3, 0.4) is 0 Å². The number of aromatic nitrogens is 2. The Morgan fingerprint density at radius 3 is 2.50 bits per heavy atom. The second-order valence-corrected chi connectivity index (χ2v) is 8.36. The minimum atomic E-state index is -0.0833. The third-order valence-corrected chi connectivity index (χ3v) is 6.49. The molecule has 0 bridgehead atoms. The van der Waals surface area contributed by atoms with Crippen LogP contribution in [-0.2, 0) is 5.41 Å². The quantitative estimate of drug-likeness (QED) is 0.839. The number of rotatable bonds is 3. The number of hydrogen-bond donors (Lipinski definition) is 0. The standard InChI is InChI=1S/C16H20N4O2S2/c1-16(15-18-9-12(24-15)13(21)19(2)3)4-6-20(7-5-16)14(22)11-8-17-10-23-11/h8-10H,4-7H2,1-3H3. The summed E-state index contributed by atoms with van der Waals surface area (Å²) in [6.07, 6.45) is 4.99. The SMILES string of the molecule is CN(C)C(=O)c1cnc(C2(C)CCN(C(=O)c3cncs3)CC2)s1. The van der Waals surface area contributed by atoms with E-state index in [1.807, 2.05) is 4.90 Å². The molecule has 2 aromatic heterocycles. The fourth-order valence-electron chi connectivity index (χ4n) is 2.77. The molecule has 0 N–H and O–H groups in total. The first-order valence-electron chi connectivity index (χ1n) is 7.76. The molecular weight excluding hydrogens is 344 g/mol. The predicted octanol–water partition coefficient (Wildman–Crippen LogP) is 2.50. The number of carbonyl (C=O) groups excluding carboxylic acids is 2. The van der Waals surface area contributed by atoms with Gasteiger partial charge >= 0.3 is 0 Å². The number of piperidine rings is 1. The zero-order valence-electron chi connectivity index (χ0n) is 14.0. The van der Waals surface area contributed by atoms with Gasteiger partial charge < -0.3 is 9.80 Å². The molecule has 2 aromatic rings. The number of thiazole rings is 2. The Balaban J connectivity index is 1.68. The van der Waals surface area contributed by atoms with Crippen molar-refractivity contribution >= 4 is 34.5 Å². The summed E-state index contributed by atoms with van der Waals surface area (Å²) < 4.78 is 0. The molecule has 6 nitrogen and oxygen atoms in total. The summed E-state index contributed by atoms with van der Waals surface area (Å²) in [6, 6.07) is 0. The van der Waals surface area contributed by atoms with E-state index in [1.165, 1.54) is 22.7 Å². The van der Waals surface area contributed by atoms with Crippen molar-refractivity contribution in [1.82, 2.24) is 19.8 Å². The van der Waals surface area contributed by atoms with E-state index in [1.54, 1.807) is 36.9 Å². The maximum absolute atomic E-state index is 12.4. The fraction of sp³-hybridized carbons (Fsp3) is 0.500. The average molecular weight is 364 g/mol. The van der Waals surface area contributed by atoms with Crippen LogP contribution in [-0.4, -0.2) is 58.8 Å². The largest absolute Gasteiger partial charge is 0.344 e. The van der Waals surface area contributed by atoms with Crippen molar-refractivity contribution in [3.63, 3.8) is 0 Å². The molecule has 0 unspecified atom stereocenters. The van der Waals surface area contributed by atoms with Gasteiger partial charge in [0, 0.05) is 32.6 Å². The van der Waals surface area contributed by atoms with E-state index in [4.69, 9.17) is 0 Å². The monoisotopic (exact) mass is 364 g/mol. The highest BCUT2D eigenvalue weighted by molar-refractivity contribution is 7.13. The Morgan fingerprint density at radius 2 is 1.92 bits per heavy atom. The van der Waals surface area contributed by atoms with Gasteiger partial charge in [0.05, 0.1) is 22.9 Å². The van der Waals surface area contributed by atoms with Crippen LogP contribution >= 0.6 is 22.7 Å². The van der Waals surface area contributed by atoms with Crippen molar-refractivity contribution in [1.29, 1.82) is 0 Å². The van der Waals surface area contributed by atoms with Gasteiger partial charge in [-0.2, -0.15) is 0 Å². The van der Waals surface area contributed by atoms with Crippen molar-refractivity contribution < 1.29 is 9.59 Å². The maximum Gasteiger partial charge on any atom is 0.265 e. The van der Waals surface area contributed by atoms with E-state index < -0.39 is 0 Å². The molecule has 8 heteroatoms. The number of likely N-dealkylation sites (tertiary alicyclic amines) is 1. The van der Waals surface area contributed by atoms with E-state index in [9.17, 15) is 9.59 Å². The van der Waals surface area contributed by atoms with Gasteiger partial charge in [-0.3, -0.25) is 14.6 Å². The van der Waals surface area contributed by atoms with Crippen molar-refractivity contribution in [2.45, 2.75) is 25.2 Å². The highest BCUT2D eigenvalue weighted by atomic mass is 32.1. The molecule has 1 saturated heterocycles. The summed E-state index contributed by atoms with van der Waals surface area (Å²) in [4.78, 5) is 37.7. The Hall–Kier alpha value is -1.80. The van der Waals surface area contributed by atoms with E-state index in [0.717, 1.165) is 17.8 Å². The lowest BCUT2D eigenvalue weighted by atomic mass is 9.81. The average Bonchev–Trinajstić information content (AvgIpc) is 3.26. The summed E-state index contributed by atoms with van der Waals surface area (Å²) in [6.45, 7) is 3.57. The number of nitrogens with zero attached hydrogens (tertiary/aromatic N) is 4. The molecule has 2 amide bonds. The molecule has 0 spiro atoms. The van der Waals surface area contributed by atoms with Crippen molar-refractivity contribution in [2.24, 2.45) is 0 Å². The van der Waals surface area contributed by atoms with Gasteiger partial charge in [-0.15, -0.1) is 22.7 Å². The fourth-order valence-corrected chi connectivity index (χ4v) is 4.49. The molecule has 128 valence electrons. The van der Waals surface area contributed by atoms with Gasteiger partial charge in [0.2, 0.25) is 0 Å². The normalized spacial score (nSPS) is 16.9. The minimum Gasteiger partial charge on any atom is -0.344 e. The topological polar surface area (TPSA) is 66.4 Å². The Bertz CT molecular complexity index is 731. The summed E-state index contributed by atoms with van der Waals surface area (Å²) >= 11 is 2.84. The van der Waals surface area contributed by atoms with Gasteiger partial charge in [-0.1, -0.05) is 6.92 Å².